The standard InChI is InChI=1S/C12H11BrFNO/c13-12-6-5-11(16-12)8-15-7-9-1-3-10(14)4-2-9/h1-6,15H,7-8H2. The van der Waals surface area contributed by atoms with Crippen LogP contribution in [-0.4, -0.2) is 0 Å². The number of rotatable bonds is 4. The van der Waals surface area contributed by atoms with Crippen LogP contribution in [0.1, 0.15) is 11.3 Å². The van der Waals surface area contributed by atoms with Crippen LogP contribution in [0.3, 0.4) is 0 Å². The summed E-state index contributed by atoms with van der Waals surface area (Å²) in [7, 11) is 0. The lowest BCUT2D eigenvalue weighted by Gasteiger charge is -2.02. The van der Waals surface area contributed by atoms with Gasteiger partial charge < -0.3 is 9.73 Å². The Balaban J connectivity index is 1.82. The number of benzene rings is 1. The van der Waals surface area contributed by atoms with Gasteiger partial charge in [0.25, 0.3) is 0 Å². The second kappa shape index (κ2) is 5.27. The van der Waals surface area contributed by atoms with E-state index in [9.17, 15) is 4.39 Å². The second-order valence-electron chi connectivity index (χ2n) is 3.44. The van der Waals surface area contributed by atoms with Crippen LogP contribution in [-0.2, 0) is 13.1 Å². The number of nitrogens with one attached hydrogen (secondary N) is 1. The molecule has 1 N–H and O–H groups in total. The smallest absolute Gasteiger partial charge is 0.169 e. The monoisotopic (exact) mass is 283 g/mol. The van der Waals surface area contributed by atoms with Crippen LogP contribution in [0.25, 0.3) is 0 Å². The fourth-order valence-electron chi connectivity index (χ4n) is 1.38. The Morgan fingerprint density at radius 2 is 1.81 bits per heavy atom. The van der Waals surface area contributed by atoms with Gasteiger partial charge in [-0.3, -0.25) is 0 Å². The van der Waals surface area contributed by atoms with Gasteiger partial charge >= 0.3 is 0 Å². The summed E-state index contributed by atoms with van der Waals surface area (Å²) in [5.41, 5.74) is 1.05. The highest BCUT2D eigenvalue weighted by Gasteiger charge is 1.99. The first kappa shape index (κ1) is 11.4. The highest BCUT2D eigenvalue weighted by Crippen LogP contribution is 2.13. The largest absolute Gasteiger partial charge is 0.453 e. The average Bonchev–Trinajstić information content (AvgIpc) is 2.67. The molecule has 16 heavy (non-hydrogen) atoms. The third kappa shape index (κ3) is 3.18. The van der Waals surface area contributed by atoms with Gasteiger partial charge in [0.2, 0.25) is 0 Å². The van der Waals surface area contributed by atoms with Gasteiger partial charge in [-0.2, -0.15) is 0 Å². The SMILES string of the molecule is Fc1ccc(CNCc2ccc(Br)o2)cc1. The molecule has 1 aromatic heterocycles. The van der Waals surface area contributed by atoms with Gasteiger partial charge in [0.1, 0.15) is 11.6 Å². The van der Waals surface area contributed by atoms with E-state index in [1.54, 1.807) is 12.1 Å². The first-order chi connectivity index (χ1) is 7.74. The third-order valence-corrected chi connectivity index (χ3v) is 2.60. The normalized spacial score (nSPS) is 10.6. The van der Waals surface area contributed by atoms with E-state index in [0.717, 1.165) is 16.0 Å². The summed E-state index contributed by atoms with van der Waals surface area (Å²) in [5, 5.41) is 3.21. The summed E-state index contributed by atoms with van der Waals surface area (Å²) in [4.78, 5) is 0. The Labute approximate surface area is 102 Å². The highest BCUT2D eigenvalue weighted by atomic mass is 79.9. The Bertz CT molecular complexity index is 452. The van der Waals surface area contributed by atoms with E-state index in [2.05, 4.69) is 21.2 Å². The molecule has 0 unspecified atom stereocenters. The van der Waals surface area contributed by atoms with Gasteiger partial charge in [0.15, 0.2) is 4.67 Å². The Morgan fingerprint density at radius 3 is 2.44 bits per heavy atom. The zero-order valence-corrected chi connectivity index (χ0v) is 10.1. The van der Waals surface area contributed by atoms with Crippen LogP contribution < -0.4 is 5.32 Å². The molecular formula is C12H11BrFNO. The molecule has 4 heteroatoms. The van der Waals surface area contributed by atoms with Crippen LogP contribution in [0.15, 0.2) is 45.5 Å². The molecule has 0 saturated heterocycles. The zero-order chi connectivity index (χ0) is 11.4. The predicted molar refractivity (Wildman–Crippen MR) is 63.4 cm³/mol. The van der Waals surface area contributed by atoms with Crippen molar-refractivity contribution in [3.8, 4) is 0 Å². The van der Waals surface area contributed by atoms with Crippen molar-refractivity contribution in [3.63, 3.8) is 0 Å². The molecule has 0 bridgehead atoms. The molecule has 0 aliphatic rings. The van der Waals surface area contributed by atoms with Crippen molar-refractivity contribution >= 4 is 15.9 Å². The number of hydrogen-bond acceptors (Lipinski definition) is 2. The van der Waals surface area contributed by atoms with Crippen molar-refractivity contribution in [2.75, 3.05) is 0 Å². The first-order valence-electron chi connectivity index (χ1n) is 4.93. The molecule has 0 saturated carbocycles. The molecule has 0 atom stereocenters. The van der Waals surface area contributed by atoms with E-state index < -0.39 is 0 Å². The topological polar surface area (TPSA) is 25.2 Å². The van der Waals surface area contributed by atoms with Crippen molar-refractivity contribution in [3.05, 3.63) is 58.2 Å². The molecule has 0 fully saturated rings. The zero-order valence-electron chi connectivity index (χ0n) is 8.54. The lowest BCUT2D eigenvalue weighted by atomic mass is 10.2. The predicted octanol–water partition coefficient (Wildman–Crippen LogP) is 3.47. The summed E-state index contributed by atoms with van der Waals surface area (Å²) in [6, 6.07) is 10.2. The molecule has 0 aliphatic carbocycles. The van der Waals surface area contributed by atoms with Crippen molar-refractivity contribution in [1.29, 1.82) is 0 Å². The van der Waals surface area contributed by atoms with Crippen LogP contribution in [0, 0.1) is 5.82 Å². The van der Waals surface area contributed by atoms with Crippen LogP contribution in [0.5, 0.6) is 0 Å². The minimum Gasteiger partial charge on any atom is -0.453 e. The van der Waals surface area contributed by atoms with Gasteiger partial charge in [-0.25, -0.2) is 4.39 Å². The van der Waals surface area contributed by atoms with E-state index in [0.29, 0.717) is 13.1 Å². The quantitative estimate of drug-likeness (QED) is 0.930. The summed E-state index contributed by atoms with van der Waals surface area (Å²) in [6.07, 6.45) is 0. The number of halogens is 2. The number of hydrogen-bond donors (Lipinski definition) is 1. The van der Waals surface area contributed by atoms with E-state index >= 15 is 0 Å². The highest BCUT2D eigenvalue weighted by molar-refractivity contribution is 9.10. The van der Waals surface area contributed by atoms with E-state index in [-0.39, 0.29) is 5.82 Å². The Kier molecular flexibility index (Phi) is 3.74. The molecule has 1 heterocycles. The lowest BCUT2D eigenvalue weighted by Crippen LogP contribution is -2.11. The Morgan fingerprint density at radius 1 is 1.06 bits per heavy atom. The Hall–Kier alpha value is -1.13. The minimum atomic E-state index is -0.210. The fourth-order valence-corrected chi connectivity index (χ4v) is 1.72. The third-order valence-electron chi connectivity index (χ3n) is 2.17. The maximum absolute atomic E-state index is 12.6. The molecule has 84 valence electrons. The number of furan rings is 1. The maximum atomic E-state index is 12.6. The van der Waals surface area contributed by atoms with Crippen molar-refractivity contribution < 1.29 is 8.81 Å². The molecular weight excluding hydrogens is 273 g/mol. The van der Waals surface area contributed by atoms with Crippen LogP contribution in [0.2, 0.25) is 0 Å². The molecule has 2 nitrogen and oxygen atoms in total. The minimum absolute atomic E-state index is 0.210. The lowest BCUT2D eigenvalue weighted by molar-refractivity contribution is 0.465. The first-order valence-corrected chi connectivity index (χ1v) is 5.73. The molecule has 2 aromatic rings. The second-order valence-corrected chi connectivity index (χ2v) is 4.22. The van der Waals surface area contributed by atoms with E-state index in [1.807, 2.05) is 12.1 Å². The van der Waals surface area contributed by atoms with Gasteiger partial charge in [-0.05, 0) is 45.8 Å². The molecule has 2 rings (SSSR count). The van der Waals surface area contributed by atoms with Gasteiger partial charge in [-0.1, -0.05) is 12.1 Å². The van der Waals surface area contributed by atoms with E-state index in [4.69, 9.17) is 4.42 Å². The van der Waals surface area contributed by atoms with Crippen LogP contribution >= 0.6 is 15.9 Å². The summed E-state index contributed by atoms with van der Waals surface area (Å²) in [5.74, 6) is 0.660. The average molecular weight is 284 g/mol. The van der Waals surface area contributed by atoms with Gasteiger partial charge in [-0.15, -0.1) is 0 Å². The molecule has 0 amide bonds. The molecule has 0 spiro atoms. The summed E-state index contributed by atoms with van der Waals surface area (Å²) >= 11 is 3.24. The van der Waals surface area contributed by atoms with Crippen molar-refractivity contribution in [1.82, 2.24) is 5.32 Å². The molecule has 1 aromatic carbocycles. The van der Waals surface area contributed by atoms with Gasteiger partial charge in [0.05, 0.1) is 6.54 Å². The summed E-state index contributed by atoms with van der Waals surface area (Å²) in [6.45, 7) is 1.35. The van der Waals surface area contributed by atoms with Crippen LogP contribution in [0.4, 0.5) is 4.39 Å². The van der Waals surface area contributed by atoms with Crippen molar-refractivity contribution in [2.24, 2.45) is 0 Å². The van der Waals surface area contributed by atoms with E-state index in [1.165, 1.54) is 12.1 Å². The summed E-state index contributed by atoms with van der Waals surface area (Å²) < 4.78 is 18.7. The fraction of sp³-hybridized carbons (Fsp3) is 0.167. The maximum Gasteiger partial charge on any atom is 0.169 e. The molecule has 0 aliphatic heterocycles. The molecule has 0 radical (unpaired) electrons. The van der Waals surface area contributed by atoms with Gasteiger partial charge in [0, 0.05) is 6.54 Å². The van der Waals surface area contributed by atoms with Crippen molar-refractivity contribution in [2.45, 2.75) is 13.1 Å².